The second kappa shape index (κ2) is 13.6. The highest BCUT2D eigenvalue weighted by molar-refractivity contribution is 7.89. The second-order valence-corrected chi connectivity index (χ2v) is 12.0. The number of carbonyl (C=O) groups is 2. The zero-order valence-electron chi connectivity index (χ0n) is 22.8. The van der Waals surface area contributed by atoms with Crippen LogP contribution in [0, 0.1) is 12.8 Å². The average molecular weight is 558 g/mol. The van der Waals surface area contributed by atoms with Crippen molar-refractivity contribution in [3.05, 3.63) is 65.2 Å². The smallest absolute Gasteiger partial charge is 0.309 e. The van der Waals surface area contributed by atoms with E-state index >= 15 is 0 Å². The Labute approximate surface area is 231 Å². The van der Waals surface area contributed by atoms with Crippen molar-refractivity contribution >= 4 is 21.8 Å². The summed E-state index contributed by atoms with van der Waals surface area (Å²) in [7, 11) is -3.78. The van der Waals surface area contributed by atoms with Gasteiger partial charge in [-0.2, -0.15) is 4.31 Å². The van der Waals surface area contributed by atoms with Crippen LogP contribution in [0.3, 0.4) is 0 Å². The van der Waals surface area contributed by atoms with Gasteiger partial charge in [0, 0.05) is 44.3 Å². The van der Waals surface area contributed by atoms with Crippen LogP contribution in [-0.2, 0) is 24.3 Å². The molecular weight excluding hydrogens is 518 g/mol. The number of morpholine rings is 1. The van der Waals surface area contributed by atoms with Crippen LogP contribution in [0.1, 0.15) is 47.3 Å². The van der Waals surface area contributed by atoms with Gasteiger partial charge in [-0.05, 0) is 44.4 Å². The highest BCUT2D eigenvalue weighted by Gasteiger charge is 2.33. The zero-order chi connectivity index (χ0) is 27.8. The molecule has 0 amide bonds. The molecule has 0 saturated carbocycles. The number of esters is 1. The first-order valence-electron chi connectivity index (χ1n) is 13.7. The number of aryl methyl sites for hydroxylation is 1. The molecule has 0 spiro atoms. The first kappa shape index (κ1) is 29.4. The predicted octanol–water partition coefficient (Wildman–Crippen LogP) is 2.80. The lowest BCUT2D eigenvalue weighted by atomic mass is 9.98. The summed E-state index contributed by atoms with van der Waals surface area (Å²) in [5.74, 6) is -0.720. The Bertz CT molecular complexity index is 1220. The molecule has 0 aliphatic carbocycles. The number of benzene rings is 2. The number of carbonyl (C=O) groups excluding carboxylic acids is 2. The molecule has 2 aromatic carbocycles. The Morgan fingerprint density at radius 2 is 1.74 bits per heavy atom. The fraction of sp³-hybridized carbons (Fsp3) is 0.517. The number of nitrogens with one attached hydrogen (secondary N) is 1. The average Bonchev–Trinajstić information content (AvgIpc) is 2.96. The third-order valence-electron chi connectivity index (χ3n) is 7.44. The van der Waals surface area contributed by atoms with E-state index in [-0.39, 0.29) is 48.2 Å². The van der Waals surface area contributed by atoms with Crippen LogP contribution in [0.4, 0.5) is 0 Å². The quantitative estimate of drug-likeness (QED) is 0.332. The largest absolute Gasteiger partial charge is 0.466 e. The van der Waals surface area contributed by atoms with E-state index < -0.39 is 10.0 Å². The maximum atomic E-state index is 13.3. The molecule has 2 saturated heterocycles. The predicted molar refractivity (Wildman–Crippen MR) is 148 cm³/mol. The molecule has 0 radical (unpaired) electrons. The molecule has 1 atom stereocenters. The van der Waals surface area contributed by atoms with Gasteiger partial charge >= 0.3 is 5.97 Å². The Morgan fingerprint density at radius 1 is 1.05 bits per heavy atom. The molecule has 10 heteroatoms. The summed E-state index contributed by atoms with van der Waals surface area (Å²) < 4.78 is 38.6. The molecule has 2 aliphatic heterocycles. The number of piperidine rings is 1. The summed E-state index contributed by atoms with van der Waals surface area (Å²) in [5, 5.41) is 3.31. The van der Waals surface area contributed by atoms with E-state index in [2.05, 4.69) is 41.4 Å². The minimum atomic E-state index is -3.78. The van der Waals surface area contributed by atoms with E-state index in [0.717, 1.165) is 13.1 Å². The van der Waals surface area contributed by atoms with E-state index in [0.29, 0.717) is 44.8 Å². The van der Waals surface area contributed by atoms with Crippen LogP contribution >= 0.6 is 0 Å². The number of nitrogens with zero attached hydrogens (tertiary/aromatic N) is 2. The Morgan fingerprint density at radius 3 is 2.41 bits per heavy atom. The van der Waals surface area contributed by atoms with E-state index in [1.165, 1.54) is 27.6 Å². The first-order valence-corrected chi connectivity index (χ1v) is 15.1. The van der Waals surface area contributed by atoms with Gasteiger partial charge in [0.15, 0.2) is 5.78 Å². The van der Waals surface area contributed by atoms with Gasteiger partial charge in [-0.25, -0.2) is 8.42 Å². The van der Waals surface area contributed by atoms with Crippen LogP contribution < -0.4 is 5.32 Å². The number of hydrogen-bond donors (Lipinski definition) is 1. The van der Waals surface area contributed by atoms with E-state index in [4.69, 9.17) is 9.47 Å². The van der Waals surface area contributed by atoms with Crippen molar-refractivity contribution in [1.82, 2.24) is 14.5 Å². The SMILES string of the molecule is CCOC(=O)C1CCN(S(=O)(=O)c2cccc(C(=O)CNCC(c3ccc(C)cc3)N3CCOCC3)c2)CC1. The monoisotopic (exact) mass is 557 g/mol. The lowest BCUT2D eigenvalue weighted by molar-refractivity contribution is -0.149. The number of ether oxygens (including phenoxy) is 2. The molecule has 2 aromatic rings. The molecule has 1 N–H and O–H groups in total. The minimum Gasteiger partial charge on any atom is -0.466 e. The lowest BCUT2D eigenvalue weighted by Gasteiger charge is -2.35. The number of rotatable bonds is 11. The molecule has 39 heavy (non-hydrogen) atoms. The highest BCUT2D eigenvalue weighted by Crippen LogP contribution is 2.26. The fourth-order valence-corrected chi connectivity index (χ4v) is 6.65. The molecular formula is C29H39N3O6S. The normalized spacial score (nSPS) is 18.5. The summed E-state index contributed by atoms with van der Waals surface area (Å²) in [6, 6.07) is 14.8. The Balaban J connectivity index is 1.37. The highest BCUT2D eigenvalue weighted by atomic mass is 32.2. The minimum absolute atomic E-state index is 0.0915. The van der Waals surface area contributed by atoms with Crippen molar-refractivity contribution in [2.75, 3.05) is 59.1 Å². The van der Waals surface area contributed by atoms with Crippen molar-refractivity contribution in [2.45, 2.75) is 37.6 Å². The van der Waals surface area contributed by atoms with Gasteiger partial charge < -0.3 is 14.8 Å². The van der Waals surface area contributed by atoms with Crippen molar-refractivity contribution in [3.63, 3.8) is 0 Å². The number of hydrogen-bond acceptors (Lipinski definition) is 8. The summed E-state index contributed by atoms with van der Waals surface area (Å²) in [5.41, 5.74) is 2.73. The van der Waals surface area contributed by atoms with Crippen molar-refractivity contribution in [1.29, 1.82) is 0 Å². The van der Waals surface area contributed by atoms with Gasteiger partial charge in [0.2, 0.25) is 10.0 Å². The second-order valence-electron chi connectivity index (χ2n) is 10.1. The lowest BCUT2D eigenvalue weighted by Crippen LogP contribution is -2.43. The molecule has 4 rings (SSSR count). The fourth-order valence-electron chi connectivity index (χ4n) is 5.13. The molecule has 1 unspecified atom stereocenters. The van der Waals surface area contributed by atoms with Crippen molar-refractivity contribution in [3.8, 4) is 0 Å². The van der Waals surface area contributed by atoms with Crippen LogP contribution in [-0.4, -0.2) is 88.5 Å². The van der Waals surface area contributed by atoms with Gasteiger partial charge in [0.05, 0.1) is 37.2 Å². The number of Topliss-reactive ketones (excluding diaryl/α,β-unsaturated/α-hetero) is 1. The van der Waals surface area contributed by atoms with Crippen LogP contribution in [0.25, 0.3) is 0 Å². The third kappa shape index (κ3) is 7.52. The molecule has 212 valence electrons. The van der Waals surface area contributed by atoms with Gasteiger partial charge in [0.1, 0.15) is 0 Å². The molecule has 0 bridgehead atoms. The standard InChI is InChI=1S/C29H39N3O6S/c1-3-38-29(34)24-11-13-32(14-12-24)39(35,36)26-6-4-5-25(19-26)28(33)21-30-20-27(31-15-17-37-18-16-31)23-9-7-22(2)8-10-23/h4-10,19,24,27,30H,3,11-18,20-21H2,1-2H3. The molecule has 2 heterocycles. The Kier molecular flexibility index (Phi) is 10.3. The summed E-state index contributed by atoms with van der Waals surface area (Å²) >= 11 is 0. The number of ketones is 1. The van der Waals surface area contributed by atoms with Gasteiger partial charge in [-0.3, -0.25) is 14.5 Å². The number of sulfonamides is 1. The van der Waals surface area contributed by atoms with Crippen LogP contribution in [0.5, 0.6) is 0 Å². The molecule has 2 aliphatic rings. The van der Waals surface area contributed by atoms with Crippen molar-refractivity contribution in [2.24, 2.45) is 5.92 Å². The summed E-state index contributed by atoms with van der Waals surface area (Å²) in [6.07, 6.45) is 0.845. The summed E-state index contributed by atoms with van der Waals surface area (Å²) in [6.45, 7) is 8.32. The summed E-state index contributed by atoms with van der Waals surface area (Å²) in [4.78, 5) is 27.5. The van der Waals surface area contributed by atoms with Crippen LogP contribution in [0.2, 0.25) is 0 Å². The molecule has 9 nitrogen and oxygen atoms in total. The zero-order valence-corrected chi connectivity index (χ0v) is 23.6. The molecule has 2 fully saturated rings. The van der Waals surface area contributed by atoms with Crippen LogP contribution in [0.15, 0.2) is 53.4 Å². The molecule has 0 aromatic heterocycles. The first-order chi connectivity index (χ1) is 18.8. The van der Waals surface area contributed by atoms with E-state index in [1.54, 1.807) is 19.1 Å². The van der Waals surface area contributed by atoms with Gasteiger partial charge in [-0.15, -0.1) is 0 Å². The van der Waals surface area contributed by atoms with Crippen molar-refractivity contribution < 1.29 is 27.5 Å². The van der Waals surface area contributed by atoms with E-state index in [9.17, 15) is 18.0 Å². The topological polar surface area (TPSA) is 105 Å². The van der Waals surface area contributed by atoms with Gasteiger partial charge in [0.25, 0.3) is 0 Å². The van der Waals surface area contributed by atoms with Gasteiger partial charge in [-0.1, -0.05) is 42.0 Å². The Hall–Kier alpha value is -2.63. The maximum absolute atomic E-state index is 13.3. The maximum Gasteiger partial charge on any atom is 0.309 e. The van der Waals surface area contributed by atoms with E-state index in [1.807, 2.05) is 0 Å². The third-order valence-corrected chi connectivity index (χ3v) is 9.33.